The maximum absolute atomic E-state index is 11.1. The second-order valence-electron chi connectivity index (χ2n) is 4.44. The van der Waals surface area contributed by atoms with Crippen molar-refractivity contribution < 1.29 is 14.3 Å². The molecule has 3 N–H and O–H groups in total. The number of carbonyl (C=O) groups is 2. The van der Waals surface area contributed by atoms with Gasteiger partial charge in [-0.2, -0.15) is 0 Å². The Morgan fingerprint density at radius 1 is 1.29 bits per heavy atom. The number of aromatic nitrogens is 1. The van der Waals surface area contributed by atoms with Gasteiger partial charge in [0.1, 0.15) is 12.4 Å². The molecule has 7 heteroatoms. The average Bonchev–Trinajstić information content (AvgIpc) is 2.45. The summed E-state index contributed by atoms with van der Waals surface area (Å²) in [5, 5.41) is 2.70. The maximum atomic E-state index is 11.1. The average molecular weight is 283 g/mol. The summed E-state index contributed by atoms with van der Waals surface area (Å²) in [6.07, 6.45) is 2.89. The van der Waals surface area contributed by atoms with Crippen LogP contribution in [0, 0.1) is 0 Å². The Bertz CT molecular complexity index is 676. The summed E-state index contributed by atoms with van der Waals surface area (Å²) in [5.41, 5.74) is 7.05. The second-order valence-corrected chi connectivity index (χ2v) is 4.44. The highest BCUT2D eigenvalue weighted by atomic mass is 16.5. The van der Waals surface area contributed by atoms with Crippen molar-refractivity contribution in [1.29, 1.82) is 0 Å². The number of benzene rings is 1. The fourth-order valence-corrected chi connectivity index (χ4v) is 1.74. The van der Waals surface area contributed by atoms with E-state index in [9.17, 15) is 9.59 Å². The van der Waals surface area contributed by atoms with E-state index in [2.05, 4.69) is 10.3 Å². The first-order valence-electron chi connectivity index (χ1n) is 6.29. The Kier molecular flexibility index (Phi) is 4.55. The first-order valence-corrected chi connectivity index (χ1v) is 6.29. The third-order valence-corrected chi connectivity index (χ3v) is 2.65. The van der Waals surface area contributed by atoms with E-state index in [1.54, 1.807) is 6.07 Å². The van der Waals surface area contributed by atoms with E-state index in [0.29, 0.717) is 17.0 Å². The number of hydrogen-bond acceptors (Lipinski definition) is 4. The van der Waals surface area contributed by atoms with Gasteiger partial charge in [-0.15, -0.1) is 0 Å². The SMILES string of the molecule is BC(=O)Nc1cccc(COc2cncc(C(N)=O)c2)c1. The molecule has 21 heavy (non-hydrogen) atoms. The largest absolute Gasteiger partial charge is 0.487 e. The van der Waals surface area contributed by atoms with E-state index in [4.69, 9.17) is 10.5 Å². The Hall–Kier alpha value is -2.83. The molecule has 2 amide bonds. The molecule has 0 radical (unpaired) electrons. The van der Waals surface area contributed by atoms with Gasteiger partial charge < -0.3 is 15.8 Å². The third kappa shape index (κ3) is 4.34. The summed E-state index contributed by atoms with van der Waals surface area (Å²) >= 11 is 0. The number of nitrogens with two attached hydrogens (primary N) is 1. The number of nitrogens with one attached hydrogen (secondary N) is 1. The molecule has 0 saturated heterocycles. The number of hydrogen-bond donors (Lipinski definition) is 2. The molecule has 0 spiro atoms. The molecular weight excluding hydrogens is 269 g/mol. The highest BCUT2D eigenvalue weighted by Crippen LogP contribution is 2.15. The van der Waals surface area contributed by atoms with E-state index < -0.39 is 5.91 Å². The summed E-state index contributed by atoms with van der Waals surface area (Å²) < 4.78 is 5.56. The van der Waals surface area contributed by atoms with Crippen LogP contribution in [0.25, 0.3) is 0 Å². The lowest BCUT2D eigenvalue weighted by molar-refractivity contribution is 0.0999. The molecule has 2 aromatic rings. The number of rotatable bonds is 5. The molecule has 0 fully saturated rings. The van der Waals surface area contributed by atoms with E-state index in [-0.39, 0.29) is 12.4 Å². The highest BCUT2D eigenvalue weighted by Gasteiger charge is 2.04. The van der Waals surface area contributed by atoms with Gasteiger partial charge in [0.05, 0.1) is 11.8 Å². The van der Waals surface area contributed by atoms with Crippen molar-refractivity contribution in [2.24, 2.45) is 5.73 Å². The normalized spacial score (nSPS) is 9.90. The number of primary amides is 1. The minimum Gasteiger partial charge on any atom is -0.487 e. The molecule has 0 bridgehead atoms. The van der Waals surface area contributed by atoms with Crippen LogP contribution in [0.3, 0.4) is 0 Å². The lowest BCUT2D eigenvalue weighted by Crippen LogP contribution is -2.11. The quantitative estimate of drug-likeness (QED) is 0.798. The van der Waals surface area contributed by atoms with Crippen LogP contribution in [0.15, 0.2) is 42.7 Å². The molecule has 0 aliphatic rings. The molecule has 1 heterocycles. The van der Waals surface area contributed by atoms with Crippen molar-refractivity contribution in [3.63, 3.8) is 0 Å². The molecule has 106 valence electrons. The lowest BCUT2D eigenvalue weighted by Gasteiger charge is -2.08. The monoisotopic (exact) mass is 283 g/mol. The summed E-state index contributed by atoms with van der Waals surface area (Å²) in [4.78, 5) is 26.0. The highest BCUT2D eigenvalue weighted by molar-refractivity contribution is 6.60. The second kappa shape index (κ2) is 6.56. The Morgan fingerprint density at radius 3 is 2.81 bits per heavy atom. The van der Waals surface area contributed by atoms with Crippen LogP contribution in [-0.4, -0.2) is 24.5 Å². The van der Waals surface area contributed by atoms with Crippen LogP contribution in [0.2, 0.25) is 0 Å². The number of carbonyl (C=O) groups excluding carboxylic acids is 2. The van der Waals surface area contributed by atoms with Crippen LogP contribution in [0.4, 0.5) is 10.5 Å². The first-order chi connectivity index (χ1) is 10.0. The molecular formula is C14H14BN3O3. The molecule has 6 nitrogen and oxygen atoms in total. The first kappa shape index (κ1) is 14.6. The van der Waals surface area contributed by atoms with Gasteiger partial charge in [-0.25, -0.2) is 0 Å². The number of anilines is 1. The van der Waals surface area contributed by atoms with Crippen molar-refractivity contribution in [3.05, 3.63) is 53.9 Å². The van der Waals surface area contributed by atoms with Crippen molar-refractivity contribution >= 4 is 25.2 Å². The number of ether oxygens (including phenoxy) is 1. The maximum Gasteiger partial charge on any atom is 0.250 e. The van der Waals surface area contributed by atoms with Crippen LogP contribution in [0.5, 0.6) is 5.75 Å². The summed E-state index contributed by atoms with van der Waals surface area (Å²) in [5.74, 6) is -0.233. The predicted molar refractivity (Wildman–Crippen MR) is 81.1 cm³/mol. The predicted octanol–water partition coefficient (Wildman–Crippen LogP) is 0.924. The zero-order valence-electron chi connectivity index (χ0n) is 11.5. The van der Waals surface area contributed by atoms with Crippen molar-refractivity contribution in [1.82, 2.24) is 4.98 Å². The molecule has 0 saturated carbocycles. The van der Waals surface area contributed by atoms with Gasteiger partial charge in [0, 0.05) is 11.9 Å². The molecule has 0 aliphatic heterocycles. The van der Waals surface area contributed by atoms with Gasteiger partial charge in [-0.3, -0.25) is 14.6 Å². The van der Waals surface area contributed by atoms with E-state index in [0.717, 1.165) is 5.56 Å². The zero-order chi connectivity index (χ0) is 15.2. The molecule has 2 rings (SSSR count). The number of amides is 2. The Morgan fingerprint density at radius 2 is 2.10 bits per heavy atom. The molecule has 0 atom stereocenters. The summed E-state index contributed by atoms with van der Waals surface area (Å²) in [6.45, 7) is 0.289. The van der Waals surface area contributed by atoms with E-state index in [1.807, 2.05) is 18.2 Å². The smallest absolute Gasteiger partial charge is 0.250 e. The molecule has 0 unspecified atom stereocenters. The van der Waals surface area contributed by atoms with Gasteiger partial charge in [0.2, 0.25) is 13.8 Å². The van der Waals surface area contributed by atoms with E-state index >= 15 is 0 Å². The summed E-state index contributed by atoms with van der Waals surface area (Å²) in [7, 11) is 1.45. The van der Waals surface area contributed by atoms with E-state index in [1.165, 1.54) is 26.3 Å². The number of pyridine rings is 1. The minimum atomic E-state index is -0.555. The van der Waals surface area contributed by atoms with Crippen LogP contribution in [-0.2, 0) is 6.61 Å². The molecule has 0 aliphatic carbocycles. The van der Waals surface area contributed by atoms with Crippen molar-refractivity contribution in [3.8, 4) is 5.75 Å². The third-order valence-electron chi connectivity index (χ3n) is 2.65. The van der Waals surface area contributed by atoms with Gasteiger partial charge in [0.15, 0.2) is 5.81 Å². The fraction of sp³-hybridized carbons (Fsp3) is 0.0714. The summed E-state index contributed by atoms with van der Waals surface area (Å²) in [6, 6.07) is 8.83. The molecule has 1 aromatic heterocycles. The number of nitrogens with zero attached hydrogens (tertiary/aromatic N) is 1. The topological polar surface area (TPSA) is 94.3 Å². The van der Waals surface area contributed by atoms with Crippen LogP contribution >= 0.6 is 0 Å². The minimum absolute atomic E-state index is 0.133. The standard InChI is InChI=1S/C14H14BN3O3/c15-14(20)18-11-3-1-2-9(4-11)8-21-12-5-10(13(16)19)6-17-7-12/h1-7H,8,15H2,(H2,16,19)(H,18,20). The Labute approximate surface area is 122 Å². The van der Waals surface area contributed by atoms with Crippen molar-refractivity contribution in [2.75, 3.05) is 5.32 Å². The van der Waals surface area contributed by atoms with Crippen LogP contribution in [0.1, 0.15) is 15.9 Å². The zero-order valence-corrected chi connectivity index (χ0v) is 11.5. The molecule has 1 aromatic carbocycles. The van der Waals surface area contributed by atoms with Gasteiger partial charge >= 0.3 is 0 Å². The fourth-order valence-electron chi connectivity index (χ4n) is 1.74. The van der Waals surface area contributed by atoms with Crippen LogP contribution < -0.4 is 15.8 Å². The van der Waals surface area contributed by atoms with Gasteiger partial charge in [0.25, 0.3) is 0 Å². The van der Waals surface area contributed by atoms with Gasteiger partial charge in [-0.05, 0) is 23.8 Å². The lowest BCUT2D eigenvalue weighted by atomic mass is 10.1. The van der Waals surface area contributed by atoms with Gasteiger partial charge in [-0.1, -0.05) is 12.1 Å². The van der Waals surface area contributed by atoms with Crippen molar-refractivity contribution in [2.45, 2.75) is 6.61 Å². The Balaban J connectivity index is 2.04.